The predicted molar refractivity (Wildman–Crippen MR) is 81.8 cm³/mol. The number of nitrogen functional groups attached to an aromatic ring is 1. The van der Waals surface area contributed by atoms with Gasteiger partial charge in [0.2, 0.25) is 0 Å². The maximum atomic E-state index is 5.84. The van der Waals surface area contributed by atoms with Crippen LogP contribution in [0.4, 0.5) is 5.95 Å². The molecule has 0 aliphatic heterocycles. The van der Waals surface area contributed by atoms with Crippen LogP contribution in [0.15, 0.2) is 16.6 Å². The molecular formula is C12H17BrN6O2. The number of nitrogens with zero attached hydrogens (tertiary/aromatic N) is 4. The third kappa shape index (κ3) is 3.75. The van der Waals surface area contributed by atoms with Crippen LogP contribution in [-0.4, -0.2) is 33.5 Å². The Morgan fingerprint density at radius 2 is 2.19 bits per heavy atom. The highest BCUT2D eigenvalue weighted by molar-refractivity contribution is 9.10. The number of benzene rings is 1. The molecule has 0 amide bonds. The lowest BCUT2D eigenvalue weighted by Gasteiger charge is -2.18. The number of rotatable bonds is 6. The van der Waals surface area contributed by atoms with Crippen molar-refractivity contribution in [1.82, 2.24) is 20.3 Å². The maximum absolute atomic E-state index is 5.84. The number of ether oxygens (including phenoxy) is 2. The van der Waals surface area contributed by atoms with Gasteiger partial charge in [0.05, 0.1) is 19.8 Å². The van der Waals surface area contributed by atoms with Gasteiger partial charge in [-0.2, -0.15) is 0 Å². The quantitative estimate of drug-likeness (QED) is 0.809. The first kappa shape index (κ1) is 15.4. The Kier molecular flexibility index (Phi) is 4.84. The van der Waals surface area contributed by atoms with Gasteiger partial charge in [-0.25, -0.2) is 0 Å². The molecule has 0 aliphatic carbocycles. The van der Waals surface area contributed by atoms with Crippen LogP contribution in [0.1, 0.15) is 19.4 Å². The zero-order valence-electron chi connectivity index (χ0n) is 12.0. The van der Waals surface area contributed by atoms with Crippen molar-refractivity contribution in [2.24, 2.45) is 0 Å². The van der Waals surface area contributed by atoms with Crippen molar-refractivity contribution in [3.8, 4) is 11.5 Å². The highest BCUT2D eigenvalue weighted by Gasteiger charge is 2.14. The number of methoxy groups -OCH3 is 1. The Labute approximate surface area is 130 Å². The lowest BCUT2D eigenvalue weighted by atomic mass is 10.2. The van der Waals surface area contributed by atoms with Crippen LogP contribution in [-0.2, 0) is 6.54 Å². The van der Waals surface area contributed by atoms with E-state index in [1.807, 2.05) is 26.0 Å². The fraction of sp³-hybridized carbons (Fsp3) is 0.417. The van der Waals surface area contributed by atoms with Gasteiger partial charge in [-0.15, -0.1) is 4.79 Å². The summed E-state index contributed by atoms with van der Waals surface area (Å²) in [5.41, 5.74) is 9.50. The molecule has 8 nitrogen and oxygen atoms in total. The van der Waals surface area contributed by atoms with Gasteiger partial charge < -0.3 is 20.6 Å². The zero-order valence-corrected chi connectivity index (χ0v) is 13.6. The molecule has 21 heavy (non-hydrogen) atoms. The van der Waals surface area contributed by atoms with E-state index in [9.17, 15) is 0 Å². The predicted octanol–water partition coefficient (Wildman–Crippen LogP) is 1.56. The SMILES string of the molecule is COc1cc(Br)cc(CNn2nnnc2N)c1OC(C)C. The second-order valence-corrected chi connectivity index (χ2v) is 5.46. The molecule has 0 saturated carbocycles. The van der Waals surface area contributed by atoms with Gasteiger partial charge in [0.25, 0.3) is 5.95 Å². The number of anilines is 1. The van der Waals surface area contributed by atoms with E-state index >= 15 is 0 Å². The van der Waals surface area contributed by atoms with Crippen molar-refractivity contribution in [3.05, 3.63) is 22.2 Å². The second-order valence-electron chi connectivity index (χ2n) is 4.55. The third-order valence-electron chi connectivity index (χ3n) is 2.58. The van der Waals surface area contributed by atoms with Crippen molar-refractivity contribution in [2.75, 3.05) is 18.3 Å². The van der Waals surface area contributed by atoms with Gasteiger partial charge in [-0.3, -0.25) is 0 Å². The van der Waals surface area contributed by atoms with Crippen LogP contribution in [0, 0.1) is 0 Å². The highest BCUT2D eigenvalue weighted by Crippen LogP contribution is 2.35. The summed E-state index contributed by atoms with van der Waals surface area (Å²) in [6, 6.07) is 3.79. The van der Waals surface area contributed by atoms with Gasteiger partial charge >= 0.3 is 0 Å². The van der Waals surface area contributed by atoms with Crippen LogP contribution in [0.2, 0.25) is 0 Å². The summed E-state index contributed by atoms with van der Waals surface area (Å²) in [5.74, 6) is 1.51. The lowest BCUT2D eigenvalue weighted by Crippen LogP contribution is -2.19. The molecule has 1 aromatic carbocycles. The minimum absolute atomic E-state index is 0.0249. The smallest absolute Gasteiger partial charge is 0.260 e. The van der Waals surface area contributed by atoms with Crippen LogP contribution in [0.25, 0.3) is 0 Å². The average molecular weight is 357 g/mol. The maximum Gasteiger partial charge on any atom is 0.260 e. The lowest BCUT2D eigenvalue weighted by molar-refractivity contribution is 0.227. The van der Waals surface area contributed by atoms with Crippen molar-refractivity contribution in [3.63, 3.8) is 0 Å². The van der Waals surface area contributed by atoms with Crippen molar-refractivity contribution >= 4 is 21.9 Å². The van der Waals surface area contributed by atoms with Gasteiger partial charge in [0, 0.05) is 10.0 Å². The fourth-order valence-corrected chi connectivity index (χ4v) is 2.23. The van der Waals surface area contributed by atoms with Crippen molar-refractivity contribution in [2.45, 2.75) is 26.5 Å². The first-order valence-corrected chi connectivity index (χ1v) is 7.11. The van der Waals surface area contributed by atoms with E-state index in [4.69, 9.17) is 15.2 Å². The summed E-state index contributed by atoms with van der Waals surface area (Å²) >= 11 is 3.45. The molecule has 0 saturated heterocycles. The fourth-order valence-electron chi connectivity index (χ4n) is 1.74. The summed E-state index contributed by atoms with van der Waals surface area (Å²) in [6.07, 6.45) is 0.0249. The molecule has 0 aliphatic rings. The summed E-state index contributed by atoms with van der Waals surface area (Å²) in [7, 11) is 1.60. The van der Waals surface area contributed by atoms with Crippen LogP contribution < -0.4 is 20.6 Å². The topological polar surface area (TPSA) is 100 Å². The van der Waals surface area contributed by atoms with E-state index in [1.54, 1.807) is 7.11 Å². The largest absolute Gasteiger partial charge is 0.493 e. The van der Waals surface area contributed by atoms with E-state index in [0.29, 0.717) is 18.0 Å². The number of tetrazole rings is 1. The average Bonchev–Trinajstić information content (AvgIpc) is 2.83. The Morgan fingerprint density at radius 1 is 1.43 bits per heavy atom. The monoisotopic (exact) mass is 356 g/mol. The number of nitrogens with one attached hydrogen (secondary N) is 1. The Morgan fingerprint density at radius 3 is 2.76 bits per heavy atom. The molecule has 1 aromatic heterocycles. The molecule has 9 heteroatoms. The normalized spacial score (nSPS) is 10.7. The minimum atomic E-state index is 0.0249. The molecule has 0 bridgehead atoms. The van der Waals surface area contributed by atoms with E-state index in [1.165, 1.54) is 4.79 Å². The number of nitrogens with two attached hydrogens (primary N) is 1. The van der Waals surface area contributed by atoms with Crippen molar-refractivity contribution in [1.29, 1.82) is 0 Å². The van der Waals surface area contributed by atoms with E-state index < -0.39 is 0 Å². The summed E-state index contributed by atoms with van der Waals surface area (Å²) in [5, 5.41) is 10.8. The Bertz CT molecular complexity index is 616. The molecule has 2 aromatic rings. The van der Waals surface area contributed by atoms with Crippen LogP contribution in [0.3, 0.4) is 0 Å². The first-order valence-electron chi connectivity index (χ1n) is 6.32. The van der Waals surface area contributed by atoms with Gasteiger partial charge in [-0.1, -0.05) is 21.0 Å². The summed E-state index contributed by atoms with van der Waals surface area (Å²) < 4.78 is 12.1. The molecule has 114 valence electrons. The van der Waals surface area contributed by atoms with Gasteiger partial charge in [-0.05, 0) is 36.4 Å². The number of hydrogen-bond donors (Lipinski definition) is 2. The molecule has 0 radical (unpaired) electrons. The highest BCUT2D eigenvalue weighted by atomic mass is 79.9. The number of hydrogen-bond acceptors (Lipinski definition) is 7. The van der Waals surface area contributed by atoms with Crippen LogP contribution >= 0.6 is 15.9 Å². The van der Waals surface area contributed by atoms with Crippen LogP contribution in [0.5, 0.6) is 11.5 Å². The number of aromatic nitrogens is 4. The zero-order chi connectivity index (χ0) is 15.4. The molecule has 3 N–H and O–H groups in total. The third-order valence-corrected chi connectivity index (χ3v) is 3.04. The van der Waals surface area contributed by atoms with E-state index in [0.717, 1.165) is 10.0 Å². The minimum Gasteiger partial charge on any atom is -0.493 e. The van der Waals surface area contributed by atoms with Crippen molar-refractivity contribution < 1.29 is 9.47 Å². The standard InChI is InChI=1S/C12H17BrN6O2/c1-7(2)21-11-8(4-9(13)5-10(11)20-3)6-15-19-12(14)16-17-18-19/h4-5,7,15H,6H2,1-3H3,(H2,14,16,18). The summed E-state index contributed by atoms with van der Waals surface area (Å²) in [6.45, 7) is 4.34. The first-order chi connectivity index (χ1) is 10.0. The Hall–Kier alpha value is -2.03. The van der Waals surface area contributed by atoms with E-state index in [-0.39, 0.29) is 12.1 Å². The molecule has 0 spiro atoms. The molecule has 2 rings (SSSR count). The molecule has 0 atom stereocenters. The Balaban J connectivity index is 2.27. The second kappa shape index (κ2) is 6.61. The molecule has 1 heterocycles. The molecular weight excluding hydrogens is 340 g/mol. The molecule has 0 unspecified atom stereocenters. The summed E-state index contributed by atoms with van der Waals surface area (Å²) in [4.78, 5) is 1.30. The van der Waals surface area contributed by atoms with Gasteiger partial charge in [0.1, 0.15) is 0 Å². The number of halogens is 1. The molecule has 0 fully saturated rings. The van der Waals surface area contributed by atoms with Gasteiger partial charge in [0.15, 0.2) is 11.5 Å². The van der Waals surface area contributed by atoms with E-state index in [2.05, 4.69) is 36.9 Å².